The molecule has 2 aromatic rings. The Labute approximate surface area is 147 Å². The fourth-order valence-electron chi connectivity index (χ4n) is 3.42. The predicted molar refractivity (Wildman–Crippen MR) is 88.3 cm³/mol. The minimum atomic E-state index is -2.64. The van der Waals surface area contributed by atoms with Crippen LogP contribution in [0, 0.1) is 6.92 Å². The summed E-state index contributed by atoms with van der Waals surface area (Å²) in [7, 11) is 0. The molecule has 1 fully saturated rings. The zero-order valence-electron chi connectivity index (χ0n) is 13.8. The summed E-state index contributed by atoms with van der Waals surface area (Å²) in [6.45, 7) is 3.89. The minimum Gasteiger partial charge on any atom is -0.351 e. The highest BCUT2D eigenvalue weighted by molar-refractivity contribution is 7.09. The Hall–Kier alpha value is -1.87. The van der Waals surface area contributed by atoms with E-state index in [-0.39, 0.29) is 18.7 Å². The van der Waals surface area contributed by atoms with Gasteiger partial charge in [-0.05, 0) is 13.0 Å². The quantitative estimate of drug-likeness (QED) is 0.899. The van der Waals surface area contributed by atoms with Gasteiger partial charge in [0.15, 0.2) is 0 Å². The molecule has 6 nitrogen and oxygen atoms in total. The summed E-state index contributed by atoms with van der Waals surface area (Å²) >= 11 is 1.60. The molecule has 1 aliphatic heterocycles. The number of hydrogen-bond donors (Lipinski definition) is 1. The van der Waals surface area contributed by atoms with E-state index in [4.69, 9.17) is 0 Å². The van der Waals surface area contributed by atoms with Gasteiger partial charge >= 0.3 is 0 Å². The van der Waals surface area contributed by atoms with Gasteiger partial charge < -0.3 is 5.32 Å². The lowest BCUT2D eigenvalue weighted by molar-refractivity contribution is -0.133. The molecule has 3 heterocycles. The van der Waals surface area contributed by atoms with Gasteiger partial charge in [0.05, 0.1) is 16.9 Å². The highest BCUT2D eigenvalue weighted by atomic mass is 32.1. The molecule has 25 heavy (non-hydrogen) atoms. The molecule has 2 aromatic heterocycles. The van der Waals surface area contributed by atoms with Crippen LogP contribution < -0.4 is 5.32 Å². The van der Waals surface area contributed by atoms with Crippen molar-refractivity contribution in [3.05, 3.63) is 34.0 Å². The van der Waals surface area contributed by atoms with Gasteiger partial charge in [0.2, 0.25) is 5.91 Å². The van der Waals surface area contributed by atoms with Crippen LogP contribution in [-0.2, 0) is 17.9 Å². The van der Waals surface area contributed by atoms with Crippen molar-refractivity contribution >= 4 is 17.2 Å². The van der Waals surface area contributed by atoms with Crippen LogP contribution in [-0.4, -0.2) is 44.1 Å². The molecule has 1 aliphatic carbocycles. The maximum absolute atomic E-state index is 13.0. The Morgan fingerprint density at radius 1 is 1.48 bits per heavy atom. The zero-order valence-corrected chi connectivity index (χ0v) is 14.6. The van der Waals surface area contributed by atoms with Crippen molar-refractivity contribution in [3.8, 4) is 0 Å². The van der Waals surface area contributed by atoms with E-state index in [0.717, 1.165) is 11.4 Å². The first kappa shape index (κ1) is 16.6. The number of carbonyl (C=O) groups is 1. The van der Waals surface area contributed by atoms with E-state index in [9.17, 15) is 13.6 Å². The maximum Gasteiger partial charge on any atom is 0.252 e. The van der Waals surface area contributed by atoms with Crippen LogP contribution in [0.4, 0.5) is 8.78 Å². The number of fused-ring (bicyclic) bond motifs is 1. The van der Waals surface area contributed by atoms with E-state index in [1.807, 2.05) is 18.5 Å². The number of amides is 1. The number of alkyl halides is 2. The first-order valence-electron chi connectivity index (χ1n) is 8.23. The fraction of sp³-hybridized carbons (Fsp3) is 0.562. The molecule has 0 saturated heterocycles. The van der Waals surface area contributed by atoms with Gasteiger partial charge in [0, 0.05) is 49.6 Å². The Bertz CT molecular complexity index is 781. The average molecular weight is 367 g/mol. The smallest absolute Gasteiger partial charge is 0.252 e. The Morgan fingerprint density at radius 3 is 2.96 bits per heavy atom. The van der Waals surface area contributed by atoms with Crippen molar-refractivity contribution in [1.82, 2.24) is 25.0 Å². The van der Waals surface area contributed by atoms with Gasteiger partial charge in [-0.1, -0.05) is 0 Å². The summed E-state index contributed by atoms with van der Waals surface area (Å²) in [5.74, 6) is -2.88. The average Bonchev–Trinajstić information content (AvgIpc) is 3.14. The highest BCUT2D eigenvalue weighted by Crippen LogP contribution is 2.37. The van der Waals surface area contributed by atoms with Crippen LogP contribution in [0.15, 0.2) is 17.8 Å². The van der Waals surface area contributed by atoms with Crippen molar-refractivity contribution in [2.45, 2.75) is 50.9 Å². The van der Waals surface area contributed by atoms with Gasteiger partial charge in [-0.3, -0.25) is 14.4 Å². The van der Waals surface area contributed by atoms with E-state index in [1.165, 1.54) is 4.88 Å². The summed E-state index contributed by atoms with van der Waals surface area (Å²) < 4.78 is 27.7. The summed E-state index contributed by atoms with van der Waals surface area (Å²) in [6, 6.07) is 0.950. The number of aromatic nitrogens is 3. The second-order valence-electron chi connectivity index (χ2n) is 6.78. The third-order valence-corrected chi connectivity index (χ3v) is 5.74. The minimum absolute atomic E-state index is 0.240. The number of hydrogen-bond acceptors (Lipinski definition) is 5. The number of aryl methyl sites for hydroxylation is 1. The molecule has 4 rings (SSSR count). The van der Waals surface area contributed by atoms with Crippen molar-refractivity contribution in [3.63, 3.8) is 0 Å². The largest absolute Gasteiger partial charge is 0.351 e. The molecule has 134 valence electrons. The Kier molecular flexibility index (Phi) is 4.07. The molecule has 0 bridgehead atoms. The zero-order chi connectivity index (χ0) is 17.6. The van der Waals surface area contributed by atoms with Crippen molar-refractivity contribution < 1.29 is 13.6 Å². The number of nitrogens with zero attached hydrogens (tertiary/aromatic N) is 4. The van der Waals surface area contributed by atoms with Crippen LogP contribution in [0.3, 0.4) is 0 Å². The number of thiazole rings is 1. The molecule has 2 aliphatic rings. The SMILES string of the molecule is Cc1ncsc1CN1Cc2ccnn2C(C(=O)NC2CC(F)(F)C2)C1. The van der Waals surface area contributed by atoms with Gasteiger partial charge in [-0.15, -0.1) is 11.3 Å². The lowest BCUT2D eigenvalue weighted by Crippen LogP contribution is -2.54. The molecule has 0 radical (unpaired) electrons. The van der Waals surface area contributed by atoms with Crippen LogP contribution >= 0.6 is 11.3 Å². The second-order valence-corrected chi connectivity index (χ2v) is 7.72. The molecule has 1 unspecified atom stereocenters. The molecule has 1 amide bonds. The molecule has 0 spiro atoms. The van der Waals surface area contributed by atoms with Crippen LogP contribution in [0.2, 0.25) is 0 Å². The van der Waals surface area contributed by atoms with Crippen LogP contribution in [0.5, 0.6) is 0 Å². The van der Waals surface area contributed by atoms with Gasteiger partial charge in [-0.25, -0.2) is 13.8 Å². The van der Waals surface area contributed by atoms with Crippen molar-refractivity contribution in [2.24, 2.45) is 0 Å². The Morgan fingerprint density at radius 2 is 2.28 bits per heavy atom. The lowest BCUT2D eigenvalue weighted by atomic mass is 9.88. The first-order chi connectivity index (χ1) is 11.9. The maximum atomic E-state index is 13.0. The molecular formula is C16H19F2N5OS. The monoisotopic (exact) mass is 367 g/mol. The Balaban J connectivity index is 1.47. The van der Waals surface area contributed by atoms with Gasteiger partial charge in [0.25, 0.3) is 5.92 Å². The number of halogens is 2. The second kappa shape index (κ2) is 6.14. The third kappa shape index (κ3) is 3.30. The van der Waals surface area contributed by atoms with Crippen LogP contribution in [0.1, 0.15) is 35.1 Å². The predicted octanol–water partition coefficient (Wildman–Crippen LogP) is 2.12. The topological polar surface area (TPSA) is 63.1 Å². The van der Waals surface area contributed by atoms with E-state index in [0.29, 0.717) is 19.6 Å². The molecule has 9 heteroatoms. The highest BCUT2D eigenvalue weighted by Gasteiger charge is 2.46. The van der Waals surface area contributed by atoms with Gasteiger partial charge in [-0.2, -0.15) is 5.10 Å². The van der Waals surface area contributed by atoms with E-state index in [2.05, 4.69) is 20.3 Å². The molecule has 1 N–H and O–H groups in total. The summed E-state index contributed by atoms with van der Waals surface area (Å²) in [6.07, 6.45) is 1.12. The third-order valence-electron chi connectivity index (χ3n) is 4.82. The standard InChI is InChI=1S/C16H19F2N5OS/c1-10-14(25-9-19-10)8-22-6-12-2-3-20-23(12)13(7-22)15(24)21-11-4-16(17,18)5-11/h2-3,9,11,13H,4-8H2,1H3,(H,21,24). The normalized spacial score (nSPS) is 23.1. The molecule has 0 aromatic carbocycles. The molecule has 1 saturated carbocycles. The number of rotatable bonds is 4. The summed E-state index contributed by atoms with van der Waals surface area (Å²) in [5.41, 5.74) is 3.77. The molecular weight excluding hydrogens is 348 g/mol. The number of carbonyl (C=O) groups excluding carboxylic acids is 1. The van der Waals surface area contributed by atoms with E-state index < -0.39 is 18.0 Å². The van der Waals surface area contributed by atoms with E-state index in [1.54, 1.807) is 22.2 Å². The molecule has 1 atom stereocenters. The van der Waals surface area contributed by atoms with Crippen molar-refractivity contribution in [1.29, 1.82) is 0 Å². The van der Waals surface area contributed by atoms with Crippen molar-refractivity contribution in [2.75, 3.05) is 6.54 Å². The summed E-state index contributed by atoms with van der Waals surface area (Å²) in [5, 5.41) is 7.01. The number of nitrogens with one attached hydrogen (secondary N) is 1. The summed E-state index contributed by atoms with van der Waals surface area (Å²) in [4.78, 5) is 20.3. The lowest BCUT2D eigenvalue weighted by Gasteiger charge is -2.38. The fourth-order valence-corrected chi connectivity index (χ4v) is 4.24. The first-order valence-corrected chi connectivity index (χ1v) is 9.11. The van der Waals surface area contributed by atoms with E-state index >= 15 is 0 Å². The van der Waals surface area contributed by atoms with Gasteiger partial charge in [0.1, 0.15) is 6.04 Å². The van der Waals surface area contributed by atoms with Crippen LogP contribution in [0.25, 0.3) is 0 Å².